The molecule has 0 aliphatic heterocycles. The van der Waals surface area contributed by atoms with Crippen molar-refractivity contribution in [1.82, 2.24) is 10.6 Å². The Morgan fingerprint density at radius 1 is 1.17 bits per heavy atom. The van der Waals surface area contributed by atoms with Gasteiger partial charge in [-0.05, 0) is 30.7 Å². The van der Waals surface area contributed by atoms with Crippen molar-refractivity contribution in [1.29, 1.82) is 0 Å². The first kappa shape index (κ1) is 18.4. The van der Waals surface area contributed by atoms with Crippen LogP contribution in [-0.4, -0.2) is 33.8 Å². The number of nitrogens with one attached hydrogen (secondary N) is 2. The van der Waals surface area contributed by atoms with Gasteiger partial charge in [-0.15, -0.1) is 11.3 Å². The minimum atomic E-state index is 0.609. The Bertz CT molecular complexity index is 688. The van der Waals surface area contributed by atoms with Crippen LogP contribution in [0.5, 0.6) is 11.5 Å². The van der Waals surface area contributed by atoms with Crippen molar-refractivity contribution in [3.05, 3.63) is 45.1 Å². The summed E-state index contributed by atoms with van der Waals surface area (Å²) in [5.41, 5.74) is 1.03. The van der Waals surface area contributed by atoms with Gasteiger partial charge in [0.15, 0.2) is 5.96 Å². The van der Waals surface area contributed by atoms with Crippen LogP contribution < -0.4 is 20.1 Å². The van der Waals surface area contributed by atoms with Crippen molar-refractivity contribution >= 4 is 28.9 Å². The van der Waals surface area contributed by atoms with E-state index in [1.807, 2.05) is 30.3 Å². The second-order valence-electron chi connectivity index (χ2n) is 4.99. The third-order valence-electron chi connectivity index (χ3n) is 3.46. The van der Waals surface area contributed by atoms with Gasteiger partial charge in [0.2, 0.25) is 0 Å². The standard InChI is InChI=1S/C17H22ClN3O2S/c1-19-17(20-9-8-14-6-7-16(18)24-14)21-11-12-4-5-13(22-2)10-15(12)23-3/h4-7,10H,8-9,11H2,1-3H3,(H2,19,20,21). The van der Waals surface area contributed by atoms with Gasteiger partial charge >= 0.3 is 0 Å². The lowest BCUT2D eigenvalue weighted by molar-refractivity contribution is 0.390. The van der Waals surface area contributed by atoms with Crippen molar-refractivity contribution in [3.63, 3.8) is 0 Å². The predicted octanol–water partition coefficient (Wildman–Crippen LogP) is 3.33. The summed E-state index contributed by atoms with van der Waals surface area (Å²) in [5, 5.41) is 6.58. The zero-order valence-electron chi connectivity index (χ0n) is 14.1. The van der Waals surface area contributed by atoms with E-state index in [9.17, 15) is 0 Å². The van der Waals surface area contributed by atoms with Crippen molar-refractivity contribution in [3.8, 4) is 11.5 Å². The summed E-state index contributed by atoms with van der Waals surface area (Å²) in [6, 6.07) is 9.73. The zero-order chi connectivity index (χ0) is 17.4. The second-order valence-corrected chi connectivity index (χ2v) is 6.79. The Morgan fingerprint density at radius 3 is 2.62 bits per heavy atom. The molecule has 0 atom stereocenters. The predicted molar refractivity (Wildman–Crippen MR) is 101 cm³/mol. The Labute approximate surface area is 151 Å². The van der Waals surface area contributed by atoms with Crippen LogP contribution in [0.4, 0.5) is 0 Å². The second kappa shape index (κ2) is 9.39. The molecule has 7 heteroatoms. The molecule has 0 aliphatic carbocycles. The Morgan fingerprint density at radius 2 is 2.00 bits per heavy atom. The number of hydrogen-bond donors (Lipinski definition) is 2. The maximum atomic E-state index is 5.94. The molecule has 2 N–H and O–H groups in total. The van der Waals surface area contributed by atoms with Crippen molar-refractivity contribution in [2.24, 2.45) is 4.99 Å². The Balaban J connectivity index is 1.85. The zero-order valence-corrected chi connectivity index (χ0v) is 15.6. The average molecular weight is 368 g/mol. The number of halogens is 1. The molecule has 0 unspecified atom stereocenters. The molecule has 24 heavy (non-hydrogen) atoms. The van der Waals surface area contributed by atoms with Crippen LogP contribution in [0.25, 0.3) is 0 Å². The highest BCUT2D eigenvalue weighted by Gasteiger charge is 2.06. The minimum Gasteiger partial charge on any atom is -0.497 e. The highest BCUT2D eigenvalue weighted by molar-refractivity contribution is 7.16. The van der Waals surface area contributed by atoms with Gasteiger partial charge in [-0.1, -0.05) is 11.6 Å². The fraction of sp³-hybridized carbons (Fsp3) is 0.353. The Hall–Kier alpha value is -1.92. The number of nitrogens with zero attached hydrogens (tertiary/aromatic N) is 1. The molecule has 0 aliphatic rings. The minimum absolute atomic E-state index is 0.609. The lowest BCUT2D eigenvalue weighted by atomic mass is 10.2. The van der Waals surface area contributed by atoms with Gasteiger partial charge in [0, 0.05) is 36.6 Å². The number of guanidine groups is 1. The number of rotatable bonds is 7. The van der Waals surface area contributed by atoms with E-state index in [0.29, 0.717) is 6.54 Å². The number of aliphatic imine (C=N–C) groups is 1. The van der Waals surface area contributed by atoms with E-state index in [0.717, 1.165) is 40.3 Å². The van der Waals surface area contributed by atoms with Crippen molar-refractivity contribution in [2.45, 2.75) is 13.0 Å². The summed E-state index contributed by atoms with van der Waals surface area (Å²) in [5.74, 6) is 2.30. The van der Waals surface area contributed by atoms with E-state index in [1.54, 1.807) is 32.6 Å². The number of methoxy groups -OCH3 is 2. The molecule has 0 saturated heterocycles. The molecular formula is C17H22ClN3O2S. The van der Waals surface area contributed by atoms with E-state index in [4.69, 9.17) is 21.1 Å². The smallest absolute Gasteiger partial charge is 0.191 e. The van der Waals surface area contributed by atoms with E-state index < -0.39 is 0 Å². The number of hydrogen-bond acceptors (Lipinski definition) is 4. The SMILES string of the molecule is CN=C(NCCc1ccc(Cl)s1)NCc1ccc(OC)cc1OC. The third kappa shape index (κ3) is 5.32. The molecule has 0 spiro atoms. The van der Waals surface area contributed by atoms with Crippen molar-refractivity contribution in [2.75, 3.05) is 27.8 Å². The highest BCUT2D eigenvalue weighted by atomic mass is 35.5. The van der Waals surface area contributed by atoms with Gasteiger partial charge in [0.25, 0.3) is 0 Å². The quantitative estimate of drug-likeness (QED) is 0.582. The Kier molecular flexibility index (Phi) is 7.21. The van der Waals surface area contributed by atoms with Crippen LogP contribution in [-0.2, 0) is 13.0 Å². The molecule has 130 valence electrons. The molecule has 0 amide bonds. The van der Waals surface area contributed by atoms with Crippen LogP contribution in [0.3, 0.4) is 0 Å². The molecule has 1 aromatic carbocycles. The molecule has 0 saturated carbocycles. The van der Waals surface area contributed by atoms with Gasteiger partial charge in [-0.25, -0.2) is 0 Å². The van der Waals surface area contributed by atoms with Gasteiger partial charge in [0.05, 0.1) is 18.6 Å². The molecule has 2 aromatic rings. The van der Waals surface area contributed by atoms with E-state index in [1.165, 1.54) is 4.88 Å². The van der Waals surface area contributed by atoms with Crippen LogP contribution in [0.15, 0.2) is 35.3 Å². The van der Waals surface area contributed by atoms with E-state index >= 15 is 0 Å². The van der Waals surface area contributed by atoms with Crippen LogP contribution in [0.1, 0.15) is 10.4 Å². The lowest BCUT2D eigenvalue weighted by Gasteiger charge is -2.14. The van der Waals surface area contributed by atoms with Crippen molar-refractivity contribution < 1.29 is 9.47 Å². The fourth-order valence-electron chi connectivity index (χ4n) is 2.19. The topological polar surface area (TPSA) is 54.9 Å². The molecule has 1 aromatic heterocycles. The normalized spacial score (nSPS) is 11.2. The van der Waals surface area contributed by atoms with Gasteiger partial charge in [-0.2, -0.15) is 0 Å². The molecule has 0 radical (unpaired) electrons. The fourth-order valence-corrected chi connectivity index (χ4v) is 3.27. The summed E-state index contributed by atoms with van der Waals surface area (Å²) in [4.78, 5) is 5.48. The summed E-state index contributed by atoms with van der Waals surface area (Å²) in [7, 11) is 5.04. The van der Waals surface area contributed by atoms with Gasteiger partial charge < -0.3 is 20.1 Å². The van der Waals surface area contributed by atoms with Crippen LogP contribution in [0, 0.1) is 0 Å². The van der Waals surface area contributed by atoms with E-state index in [-0.39, 0.29) is 0 Å². The molecular weight excluding hydrogens is 346 g/mol. The van der Waals surface area contributed by atoms with E-state index in [2.05, 4.69) is 15.6 Å². The highest BCUT2D eigenvalue weighted by Crippen LogP contribution is 2.24. The first-order valence-electron chi connectivity index (χ1n) is 7.56. The summed E-state index contributed by atoms with van der Waals surface area (Å²) < 4.78 is 11.4. The number of benzene rings is 1. The van der Waals surface area contributed by atoms with Gasteiger partial charge in [0.1, 0.15) is 11.5 Å². The summed E-state index contributed by atoms with van der Waals surface area (Å²) in [6.07, 6.45) is 0.907. The average Bonchev–Trinajstić information content (AvgIpc) is 3.03. The maximum Gasteiger partial charge on any atom is 0.191 e. The molecule has 5 nitrogen and oxygen atoms in total. The van der Waals surface area contributed by atoms with Gasteiger partial charge in [-0.3, -0.25) is 4.99 Å². The maximum absolute atomic E-state index is 5.94. The molecule has 1 heterocycles. The first-order chi connectivity index (χ1) is 11.7. The molecule has 0 fully saturated rings. The first-order valence-corrected chi connectivity index (χ1v) is 8.75. The molecule has 0 bridgehead atoms. The third-order valence-corrected chi connectivity index (χ3v) is 4.75. The van der Waals surface area contributed by atoms with Crippen LogP contribution in [0.2, 0.25) is 4.34 Å². The summed E-state index contributed by atoms with van der Waals surface area (Å²) in [6.45, 7) is 1.40. The monoisotopic (exact) mass is 367 g/mol. The molecule has 2 rings (SSSR count). The number of thiophene rings is 1. The number of ether oxygens (including phenoxy) is 2. The lowest BCUT2D eigenvalue weighted by Crippen LogP contribution is -2.37. The largest absolute Gasteiger partial charge is 0.497 e. The van der Waals surface area contributed by atoms with Crippen LogP contribution >= 0.6 is 22.9 Å². The summed E-state index contributed by atoms with van der Waals surface area (Å²) >= 11 is 7.54.